The Bertz CT molecular complexity index is 519. The van der Waals surface area contributed by atoms with Crippen LogP contribution >= 0.6 is 0 Å². The van der Waals surface area contributed by atoms with Gasteiger partial charge in [-0.2, -0.15) is 0 Å². The number of rotatable bonds is 5. The third-order valence-electron chi connectivity index (χ3n) is 3.09. The minimum Gasteiger partial charge on any atom is -0.547 e. The van der Waals surface area contributed by atoms with E-state index in [2.05, 4.69) is 9.98 Å². The predicted octanol–water partition coefficient (Wildman–Crippen LogP) is -0.182. The number of aliphatic imine (C=N–C) groups is 2. The summed E-state index contributed by atoms with van der Waals surface area (Å²) in [7, 11) is 0. The van der Waals surface area contributed by atoms with Crippen molar-refractivity contribution in [1.82, 2.24) is 4.57 Å². The molecule has 6 heteroatoms. The van der Waals surface area contributed by atoms with Crippen LogP contribution in [0.5, 0.6) is 0 Å². The lowest BCUT2D eigenvalue weighted by Gasteiger charge is -2.26. The van der Waals surface area contributed by atoms with Crippen molar-refractivity contribution in [2.75, 3.05) is 6.61 Å². The molecule has 0 fully saturated rings. The van der Waals surface area contributed by atoms with E-state index in [0.717, 1.165) is 12.8 Å². The number of aromatic nitrogens is 1. The lowest BCUT2D eigenvalue weighted by Crippen LogP contribution is -2.56. The van der Waals surface area contributed by atoms with Gasteiger partial charge in [-0.1, -0.05) is 13.3 Å². The molecule has 2 rings (SSSR count). The van der Waals surface area contributed by atoms with E-state index in [4.69, 9.17) is 0 Å². The minimum atomic E-state index is -1.79. The molecule has 0 saturated carbocycles. The van der Waals surface area contributed by atoms with E-state index in [1.54, 1.807) is 29.1 Å². The Kier molecular flexibility index (Phi) is 3.80. The van der Waals surface area contributed by atoms with E-state index in [0.29, 0.717) is 12.3 Å². The van der Waals surface area contributed by atoms with Crippen molar-refractivity contribution >= 4 is 17.6 Å². The molecule has 0 amide bonds. The molecule has 19 heavy (non-hydrogen) atoms. The molecule has 1 N–H and O–H groups in total. The molecule has 102 valence electrons. The van der Waals surface area contributed by atoms with Gasteiger partial charge in [0.1, 0.15) is 5.84 Å². The monoisotopic (exact) mass is 262 g/mol. The second-order valence-electron chi connectivity index (χ2n) is 4.46. The molecule has 0 aromatic carbocycles. The summed E-state index contributed by atoms with van der Waals surface area (Å²) in [5, 5.41) is 20.9. The Morgan fingerprint density at radius 2 is 2.16 bits per heavy atom. The molecule has 0 aliphatic carbocycles. The Morgan fingerprint density at radius 3 is 2.68 bits per heavy atom. The molecule has 0 spiro atoms. The van der Waals surface area contributed by atoms with Crippen LogP contribution in [0, 0.1) is 0 Å². The number of carbonyl (C=O) groups excluding carboxylic acids is 1. The maximum Gasteiger partial charge on any atom is 0.183 e. The second-order valence-corrected chi connectivity index (χ2v) is 4.46. The molecular weight excluding hydrogens is 246 g/mol. The van der Waals surface area contributed by atoms with E-state index in [-0.39, 0.29) is 5.84 Å². The van der Waals surface area contributed by atoms with Crippen LogP contribution in [-0.4, -0.2) is 39.5 Å². The van der Waals surface area contributed by atoms with Gasteiger partial charge in [0, 0.05) is 18.8 Å². The summed E-state index contributed by atoms with van der Waals surface area (Å²) >= 11 is 0. The summed E-state index contributed by atoms with van der Waals surface area (Å²) in [6, 6.07) is 3.51. The van der Waals surface area contributed by atoms with Crippen molar-refractivity contribution in [2.45, 2.75) is 31.7 Å². The molecular formula is C13H16N3O3-. The number of amidine groups is 1. The number of carbonyl (C=O) groups is 1. The zero-order chi connectivity index (χ0) is 13.9. The summed E-state index contributed by atoms with van der Waals surface area (Å²) in [5.74, 6) is -0.802. The quantitative estimate of drug-likeness (QED) is 0.798. The normalized spacial score (nSPS) is 22.2. The number of unbranched alkanes of at least 4 members (excludes halogenated alkanes) is 1. The van der Waals surface area contributed by atoms with Gasteiger partial charge in [0.05, 0.1) is 12.6 Å². The Balaban J connectivity index is 2.41. The number of carboxylic acid groups (broad SMARTS) is 1. The maximum atomic E-state index is 11.4. The third-order valence-corrected chi connectivity index (χ3v) is 3.09. The summed E-state index contributed by atoms with van der Waals surface area (Å²) in [6.45, 7) is 1.37. The first-order valence-electron chi connectivity index (χ1n) is 6.27. The largest absolute Gasteiger partial charge is 0.547 e. The average molecular weight is 262 g/mol. The average Bonchev–Trinajstić information content (AvgIpc) is 3.03. The Morgan fingerprint density at radius 1 is 1.47 bits per heavy atom. The van der Waals surface area contributed by atoms with Crippen molar-refractivity contribution in [3.8, 4) is 0 Å². The smallest absolute Gasteiger partial charge is 0.183 e. The lowest BCUT2D eigenvalue weighted by molar-refractivity contribution is -0.310. The number of aliphatic hydroxyl groups is 1. The van der Waals surface area contributed by atoms with Crippen LogP contribution in [-0.2, 0) is 4.79 Å². The van der Waals surface area contributed by atoms with Crippen LogP contribution in [0.2, 0.25) is 0 Å². The van der Waals surface area contributed by atoms with E-state index in [9.17, 15) is 15.0 Å². The molecule has 1 unspecified atom stereocenters. The fourth-order valence-corrected chi connectivity index (χ4v) is 2.01. The molecule has 0 bridgehead atoms. The first kappa shape index (κ1) is 13.5. The fraction of sp³-hybridized carbons (Fsp3) is 0.462. The lowest BCUT2D eigenvalue weighted by atomic mass is 10.0. The van der Waals surface area contributed by atoms with Gasteiger partial charge in [-0.05, 0) is 18.6 Å². The molecule has 1 aliphatic heterocycles. The zero-order valence-corrected chi connectivity index (χ0v) is 10.7. The van der Waals surface area contributed by atoms with Crippen LogP contribution in [0.1, 0.15) is 26.2 Å². The molecule has 0 saturated heterocycles. The van der Waals surface area contributed by atoms with Gasteiger partial charge in [0.25, 0.3) is 0 Å². The van der Waals surface area contributed by atoms with Crippen LogP contribution in [0.3, 0.4) is 0 Å². The summed E-state index contributed by atoms with van der Waals surface area (Å²) in [6.07, 6.45) is 5.77. The first-order valence-corrected chi connectivity index (χ1v) is 6.27. The van der Waals surface area contributed by atoms with E-state index >= 15 is 0 Å². The van der Waals surface area contributed by atoms with Gasteiger partial charge >= 0.3 is 0 Å². The number of hydrogen-bond acceptors (Lipinski definition) is 5. The van der Waals surface area contributed by atoms with Gasteiger partial charge in [-0.25, -0.2) is 9.98 Å². The highest BCUT2D eigenvalue weighted by Gasteiger charge is 2.42. The molecule has 1 atom stereocenters. The van der Waals surface area contributed by atoms with Gasteiger partial charge in [0.15, 0.2) is 11.4 Å². The van der Waals surface area contributed by atoms with Gasteiger partial charge < -0.3 is 19.6 Å². The molecule has 1 aliphatic rings. The van der Waals surface area contributed by atoms with E-state index in [1.807, 2.05) is 6.92 Å². The van der Waals surface area contributed by atoms with E-state index in [1.165, 1.54) is 0 Å². The molecule has 6 nitrogen and oxygen atoms in total. The van der Waals surface area contributed by atoms with Crippen LogP contribution < -0.4 is 5.11 Å². The van der Waals surface area contributed by atoms with Crippen LogP contribution in [0.4, 0.5) is 0 Å². The van der Waals surface area contributed by atoms with Crippen molar-refractivity contribution < 1.29 is 15.0 Å². The van der Waals surface area contributed by atoms with Crippen molar-refractivity contribution in [3.63, 3.8) is 0 Å². The Labute approximate surface area is 111 Å². The number of aliphatic carboxylic acids is 1. The van der Waals surface area contributed by atoms with Crippen molar-refractivity contribution in [1.29, 1.82) is 0 Å². The van der Waals surface area contributed by atoms with Crippen LogP contribution in [0.25, 0.3) is 0 Å². The topological polar surface area (TPSA) is 90.0 Å². The molecule has 1 aromatic rings. The minimum absolute atomic E-state index is 0.186. The van der Waals surface area contributed by atoms with Crippen LogP contribution in [0.15, 0.2) is 34.5 Å². The molecule has 2 heterocycles. The number of aliphatic hydroxyl groups excluding tert-OH is 1. The second kappa shape index (κ2) is 5.36. The number of carboxylic acids is 1. The summed E-state index contributed by atoms with van der Waals surface area (Å²) < 4.78 is 1.55. The van der Waals surface area contributed by atoms with Crippen molar-refractivity contribution in [3.05, 3.63) is 24.5 Å². The van der Waals surface area contributed by atoms with Gasteiger partial charge in [-0.15, -0.1) is 0 Å². The predicted molar refractivity (Wildman–Crippen MR) is 69.0 cm³/mol. The van der Waals surface area contributed by atoms with Crippen molar-refractivity contribution in [2.24, 2.45) is 9.98 Å². The summed E-state index contributed by atoms with van der Waals surface area (Å²) in [5.41, 5.74) is -1.79. The highest BCUT2D eigenvalue weighted by Crippen LogP contribution is 2.23. The SMILES string of the molecule is CCCCC1=NC(CO)(C(=O)[O-])C(n2cccc2)=N1. The molecule has 0 radical (unpaired) electrons. The Hall–Kier alpha value is -1.95. The highest BCUT2D eigenvalue weighted by molar-refractivity contribution is 6.18. The zero-order valence-electron chi connectivity index (χ0n) is 10.7. The molecule has 1 aromatic heterocycles. The third kappa shape index (κ3) is 2.31. The standard InChI is InChI=1S/C13H17N3O3/c1-2-3-6-10-14-11(16-7-4-5-8-16)13(9-17,15-10)12(18)19/h4-5,7-8,17H,2-3,6,9H2,1H3,(H,18,19)/p-1. The fourth-order valence-electron chi connectivity index (χ4n) is 2.01. The van der Waals surface area contributed by atoms with Gasteiger partial charge in [0.2, 0.25) is 0 Å². The number of hydrogen-bond donors (Lipinski definition) is 1. The maximum absolute atomic E-state index is 11.4. The first-order chi connectivity index (χ1) is 9.14. The van der Waals surface area contributed by atoms with E-state index < -0.39 is 18.1 Å². The highest BCUT2D eigenvalue weighted by atomic mass is 16.4. The van der Waals surface area contributed by atoms with Gasteiger partial charge in [-0.3, -0.25) is 0 Å². The summed E-state index contributed by atoms with van der Waals surface area (Å²) in [4.78, 5) is 19.8. The number of nitrogens with zero attached hydrogens (tertiary/aromatic N) is 3.